The topological polar surface area (TPSA) is 41.1 Å². The molecule has 1 aromatic heterocycles. The predicted octanol–water partition coefficient (Wildman–Crippen LogP) is 4.00. The molecule has 0 saturated carbocycles. The lowest BCUT2D eigenvalue weighted by Gasteiger charge is -2.21. The van der Waals surface area contributed by atoms with Gasteiger partial charge in [0.1, 0.15) is 5.82 Å². The highest BCUT2D eigenvalue weighted by molar-refractivity contribution is 5.58. The molecule has 2 aromatic rings. The zero-order valence-corrected chi connectivity index (χ0v) is 14.1. The van der Waals surface area contributed by atoms with Crippen molar-refractivity contribution in [3.63, 3.8) is 0 Å². The molecule has 2 rings (SSSR count). The third-order valence-corrected chi connectivity index (χ3v) is 3.64. The molecule has 1 heterocycles. The fourth-order valence-electron chi connectivity index (χ4n) is 2.45. The monoisotopic (exact) mass is 308 g/mol. The van der Waals surface area contributed by atoms with Crippen molar-refractivity contribution in [3.8, 4) is 12.3 Å². The number of rotatable bonds is 7. The number of aromatic nitrogens is 2. The van der Waals surface area contributed by atoms with Gasteiger partial charge in [-0.05, 0) is 38.5 Å². The van der Waals surface area contributed by atoms with Gasteiger partial charge < -0.3 is 10.2 Å². The molecule has 0 aliphatic carbocycles. The second-order valence-electron chi connectivity index (χ2n) is 5.31. The van der Waals surface area contributed by atoms with E-state index in [4.69, 9.17) is 6.42 Å². The van der Waals surface area contributed by atoms with Crippen LogP contribution < -0.4 is 10.2 Å². The highest BCUT2D eigenvalue weighted by Gasteiger charge is 2.09. The molecule has 1 N–H and O–H groups in total. The van der Waals surface area contributed by atoms with E-state index < -0.39 is 0 Å². The number of benzene rings is 1. The van der Waals surface area contributed by atoms with Gasteiger partial charge in [0.05, 0.1) is 0 Å². The van der Waals surface area contributed by atoms with Gasteiger partial charge in [0.15, 0.2) is 0 Å². The van der Waals surface area contributed by atoms with E-state index >= 15 is 0 Å². The Kier molecular flexibility index (Phi) is 5.99. The van der Waals surface area contributed by atoms with Crippen molar-refractivity contribution in [2.75, 3.05) is 23.3 Å². The van der Waals surface area contributed by atoms with Crippen molar-refractivity contribution in [1.82, 2.24) is 9.97 Å². The van der Waals surface area contributed by atoms with Gasteiger partial charge in [0.25, 0.3) is 0 Å². The quantitative estimate of drug-likeness (QED) is 0.785. The van der Waals surface area contributed by atoms with Crippen molar-refractivity contribution in [1.29, 1.82) is 0 Å². The maximum Gasteiger partial charge on any atom is 0.229 e. The zero-order valence-electron chi connectivity index (χ0n) is 14.1. The minimum absolute atomic E-state index is 0.618. The maximum atomic E-state index is 5.46. The summed E-state index contributed by atoms with van der Waals surface area (Å²) in [6, 6.07) is 9.81. The minimum atomic E-state index is 0.618. The third-order valence-electron chi connectivity index (χ3n) is 3.64. The second-order valence-corrected chi connectivity index (χ2v) is 5.31. The molecule has 0 atom stereocenters. The second kappa shape index (κ2) is 8.19. The third kappa shape index (κ3) is 4.46. The molecule has 4 nitrogen and oxygen atoms in total. The van der Waals surface area contributed by atoms with Crippen LogP contribution in [-0.2, 0) is 6.42 Å². The van der Waals surface area contributed by atoms with Gasteiger partial charge in [-0.1, -0.05) is 25.3 Å². The van der Waals surface area contributed by atoms with Crippen molar-refractivity contribution < 1.29 is 0 Å². The molecule has 0 amide bonds. The molecule has 1 aromatic carbocycles. The van der Waals surface area contributed by atoms with Crippen molar-refractivity contribution in [2.24, 2.45) is 0 Å². The first-order valence-corrected chi connectivity index (χ1v) is 8.16. The smallest absolute Gasteiger partial charge is 0.229 e. The first-order valence-electron chi connectivity index (χ1n) is 8.16. The first kappa shape index (κ1) is 16.8. The van der Waals surface area contributed by atoms with E-state index in [1.165, 1.54) is 0 Å². The van der Waals surface area contributed by atoms with Gasteiger partial charge in [0.2, 0.25) is 5.95 Å². The molecular formula is C19H24N4. The summed E-state index contributed by atoms with van der Waals surface area (Å²) in [5.74, 6) is 4.22. The normalized spacial score (nSPS) is 10.2. The van der Waals surface area contributed by atoms with E-state index in [0.29, 0.717) is 5.95 Å². The van der Waals surface area contributed by atoms with E-state index in [-0.39, 0.29) is 0 Å². The first-order chi connectivity index (χ1) is 11.2. The van der Waals surface area contributed by atoms with Crippen molar-refractivity contribution in [2.45, 2.75) is 33.6 Å². The molecule has 23 heavy (non-hydrogen) atoms. The number of hydrogen-bond acceptors (Lipinski definition) is 4. The molecule has 0 unspecified atom stereocenters. The van der Waals surface area contributed by atoms with Crippen molar-refractivity contribution >= 4 is 17.5 Å². The van der Waals surface area contributed by atoms with Crippen LogP contribution >= 0.6 is 0 Å². The number of anilines is 3. The van der Waals surface area contributed by atoms with E-state index in [1.807, 2.05) is 24.3 Å². The average Bonchev–Trinajstić information content (AvgIpc) is 2.56. The molecule has 0 bridgehead atoms. The van der Waals surface area contributed by atoms with Crippen LogP contribution in [0.4, 0.5) is 17.5 Å². The highest BCUT2D eigenvalue weighted by Crippen LogP contribution is 2.20. The largest absolute Gasteiger partial charge is 0.357 e. The van der Waals surface area contributed by atoms with Crippen LogP contribution in [0.5, 0.6) is 0 Å². The summed E-state index contributed by atoms with van der Waals surface area (Å²) in [5, 5.41) is 3.28. The highest BCUT2D eigenvalue weighted by atomic mass is 15.2. The van der Waals surface area contributed by atoms with Crippen LogP contribution in [0.3, 0.4) is 0 Å². The number of hydrogen-bond donors (Lipinski definition) is 1. The lowest BCUT2D eigenvalue weighted by molar-refractivity contribution is 0.824. The zero-order chi connectivity index (χ0) is 16.7. The van der Waals surface area contributed by atoms with E-state index in [0.717, 1.165) is 48.7 Å². The van der Waals surface area contributed by atoms with Crippen LogP contribution in [0.15, 0.2) is 30.3 Å². The molecule has 0 fully saturated rings. The summed E-state index contributed by atoms with van der Waals surface area (Å²) >= 11 is 0. The minimum Gasteiger partial charge on any atom is -0.357 e. The molecule has 0 radical (unpaired) electrons. The van der Waals surface area contributed by atoms with E-state index in [1.54, 1.807) is 0 Å². The summed E-state index contributed by atoms with van der Waals surface area (Å²) in [6.07, 6.45) is 7.46. The van der Waals surface area contributed by atoms with Gasteiger partial charge in [-0.2, -0.15) is 4.98 Å². The predicted molar refractivity (Wildman–Crippen MR) is 97.2 cm³/mol. The Labute approximate surface area is 139 Å². The number of nitrogens with zero attached hydrogens (tertiary/aromatic N) is 3. The molecule has 0 aliphatic heterocycles. The van der Waals surface area contributed by atoms with Gasteiger partial charge >= 0.3 is 0 Å². The molecular weight excluding hydrogens is 284 g/mol. The Balaban J connectivity index is 2.34. The molecule has 0 saturated heterocycles. The van der Waals surface area contributed by atoms with Gasteiger partial charge in [-0.15, -0.1) is 6.42 Å². The summed E-state index contributed by atoms with van der Waals surface area (Å²) in [6.45, 7) is 8.27. The fraction of sp³-hybridized carbons (Fsp3) is 0.368. The number of aryl methyl sites for hydroxylation is 1. The Morgan fingerprint density at radius 1 is 1.13 bits per heavy atom. The molecule has 0 aliphatic rings. The van der Waals surface area contributed by atoms with E-state index in [9.17, 15) is 0 Å². The summed E-state index contributed by atoms with van der Waals surface area (Å²) in [5.41, 5.74) is 2.79. The Bertz CT molecular complexity index is 684. The Morgan fingerprint density at radius 3 is 2.57 bits per heavy atom. The van der Waals surface area contributed by atoms with Crippen LogP contribution in [0.2, 0.25) is 0 Å². The Morgan fingerprint density at radius 2 is 1.91 bits per heavy atom. The lowest BCUT2D eigenvalue weighted by Crippen LogP contribution is -2.23. The summed E-state index contributed by atoms with van der Waals surface area (Å²) in [7, 11) is 0. The Hall–Kier alpha value is -2.54. The number of terminal acetylenes is 1. The maximum absolute atomic E-state index is 5.46. The molecule has 120 valence electrons. The summed E-state index contributed by atoms with van der Waals surface area (Å²) in [4.78, 5) is 11.5. The molecule has 0 spiro atoms. The fourth-order valence-corrected chi connectivity index (χ4v) is 2.45. The standard InChI is InChI=1S/C19H24N4/c1-5-10-16-14-18(23(7-3)8-4)22-19(20-16)21-17-12-9-11-15(6-2)13-17/h2,9,11-14H,5,7-8,10H2,1,3-4H3,(H,20,21,22). The van der Waals surface area contributed by atoms with Crippen LogP contribution in [0.1, 0.15) is 38.4 Å². The number of nitrogens with one attached hydrogen (secondary N) is 1. The van der Waals surface area contributed by atoms with Crippen LogP contribution in [0, 0.1) is 12.3 Å². The van der Waals surface area contributed by atoms with Crippen LogP contribution in [0.25, 0.3) is 0 Å². The van der Waals surface area contributed by atoms with Crippen LogP contribution in [-0.4, -0.2) is 23.1 Å². The average molecular weight is 308 g/mol. The molecule has 4 heteroatoms. The van der Waals surface area contributed by atoms with Gasteiger partial charge in [-0.3, -0.25) is 0 Å². The van der Waals surface area contributed by atoms with Crippen molar-refractivity contribution in [3.05, 3.63) is 41.6 Å². The lowest BCUT2D eigenvalue weighted by atomic mass is 10.2. The van der Waals surface area contributed by atoms with Gasteiger partial charge in [-0.25, -0.2) is 4.98 Å². The SMILES string of the molecule is C#Cc1cccc(Nc2nc(CCC)cc(N(CC)CC)n2)c1. The van der Waals surface area contributed by atoms with E-state index in [2.05, 4.69) is 52.9 Å². The van der Waals surface area contributed by atoms with Gasteiger partial charge in [0, 0.05) is 36.1 Å². The summed E-state index contributed by atoms with van der Waals surface area (Å²) < 4.78 is 0.